The first-order chi connectivity index (χ1) is 9.90. The molecule has 0 fully saturated rings. The summed E-state index contributed by atoms with van der Waals surface area (Å²) in [6.07, 6.45) is 2.17. The molecule has 0 aliphatic rings. The van der Waals surface area contributed by atoms with Crippen LogP contribution < -0.4 is 10.1 Å². The molecule has 0 saturated heterocycles. The van der Waals surface area contributed by atoms with E-state index < -0.39 is 11.5 Å². The fourth-order valence-corrected chi connectivity index (χ4v) is 2.30. The van der Waals surface area contributed by atoms with E-state index in [9.17, 15) is 9.90 Å². The topological polar surface area (TPSA) is 58.6 Å². The molecule has 0 amide bonds. The van der Waals surface area contributed by atoms with Crippen molar-refractivity contribution in [1.82, 2.24) is 5.32 Å². The predicted octanol–water partition coefficient (Wildman–Crippen LogP) is 3.31. The van der Waals surface area contributed by atoms with Gasteiger partial charge in [0.15, 0.2) is 0 Å². The molecule has 1 aromatic rings. The van der Waals surface area contributed by atoms with Crippen LogP contribution in [-0.4, -0.2) is 29.8 Å². The molecule has 2 N–H and O–H groups in total. The van der Waals surface area contributed by atoms with Gasteiger partial charge >= 0.3 is 5.97 Å². The monoisotopic (exact) mass is 293 g/mol. The van der Waals surface area contributed by atoms with Gasteiger partial charge in [0.1, 0.15) is 11.3 Å². The number of hydrogen-bond donors (Lipinski definition) is 2. The van der Waals surface area contributed by atoms with Crippen LogP contribution in [0.3, 0.4) is 0 Å². The molecule has 118 valence electrons. The van der Waals surface area contributed by atoms with E-state index in [0.29, 0.717) is 26.0 Å². The van der Waals surface area contributed by atoms with Crippen LogP contribution in [0.15, 0.2) is 18.2 Å². The second-order valence-corrected chi connectivity index (χ2v) is 5.74. The molecular formula is C17H27NO3. The zero-order valence-corrected chi connectivity index (χ0v) is 13.5. The molecule has 1 rings (SSSR count). The van der Waals surface area contributed by atoms with E-state index >= 15 is 0 Å². The van der Waals surface area contributed by atoms with Crippen molar-refractivity contribution in [2.24, 2.45) is 0 Å². The number of carboxylic acid groups (broad SMARTS) is 1. The lowest BCUT2D eigenvalue weighted by molar-refractivity contribution is -0.144. The molecule has 21 heavy (non-hydrogen) atoms. The molecule has 4 nitrogen and oxygen atoms in total. The number of carboxylic acids is 1. The molecule has 0 bridgehead atoms. The van der Waals surface area contributed by atoms with Gasteiger partial charge in [-0.1, -0.05) is 25.1 Å². The van der Waals surface area contributed by atoms with E-state index in [2.05, 4.69) is 5.32 Å². The van der Waals surface area contributed by atoms with E-state index in [1.165, 1.54) is 0 Å². The van der Waals surface area contributed by atoms with Crippen molar-refractivity contribution in [3.05, 3.63) is 29.3 Å². The largest absolute Gasteiger partial charge is 0.493 e. The third-order valence-electron chi connectivity index (χ3n) is 3.71. The van der Waals surface area contributed by atoms with Gasteiger partial charge in [-0.05, 0) is 57.7 Å². The highest BCUT2D eigenvalue weighted by Crippen LogP contribution is 2.23. The summed E-state index contributed by atoms with van der Waals surface area (Å²) in [5, 5.41) is 12.5. The number of nitrogens with one attached hydrogen (secondary N) is 1. The number of para-hydroxylation sites is 1. The second-order valence-electron chi connectivity index (χ2n) is 5.74. The van der Waals surface area contributed by atoms with Gasteiger partial charge in [-0.15, -0.1) is 0 Å². The van der Waals surface area contributed by atoms with Gasteiger partial charge < -0.3 is 15.2 Å². The minimum atomic E-state index is -0.875. The molecular weight excluding hydrogens is 266 g/mol. The maximum atomic E-state index is 11.4. The van der Waals surface area contributed by atoms with Crippen LogP contribution in [0.4, 0.5) is 0 Å². The van der Waals surface area contributed by atoms with Crippen LogP contribution >= 0.6 is 0 Å². The van der Waals surface area contributed by atoms with E-state index in [0.717, 1.165) is 23.3 Å². The van der Waals surface area contributed by atoms with Crippen LogP contribution in [0.5, 0.6) is 5.75 Å². The molecule has 0 spiro atoms. The Morgan fingerprint density at radius 3 is 2.48 bits per heavy atom. The maximum absolute atomic E-state index is 11.4. The van der Waals surface area contributed by atoms with Gasteiger partial charge in [0.2, 0.25) is 0 Å². The molecule has 0 saturated carbocycles. The van der Waals surface area contributed by atoms with Gasteiger partial charge in [-0.2, -0.15) is 0 Å². The Balaban J connectivity index is 2.50. The maximum Gasteiger partial charge on any atom is 0.323 e. The number of aliphatic carboxylic acids is 1. The van der Waals surface area contributed by atoms with Gasteiger partial charge in [-0.25, -0.2) is 0 Å². The average Bonchev–Trinajstić information content (AvgIpc) is 2.43. The van der Waals surface area contributed by atoms with Crippen LogP contribution in [0.25, 0.3) is 0 Å². The van der Waals surface area contributed by atoms with Crippen molar-refractivity contribution in [1.29, 1.82) is 0 Å². The predicted molar refractivity (Wildman–Crippen MR) is 85.0 cm³/mol. The number of rotatable bonds is 9. The minimum absolute atomic E-state index is 0.530. The summed E-state index contributed by atoms with van der Waals surface area (Å²) in [6.45, 7) is 9.05. The van der Waals surface area contributed by atoms with Gasteiger partial charge in [-0.3, -0.25) is 4.79 Å². The quantitative estimate of drug-likeness (QED) is 0.686. The smallest absolute Gasteiger partial charge is 0.323 e. The molecule has 1 unspecified atom stereocenters. The highest BCUT2D eigenvalue weighted by molar-refractivity contribution is 5.78. The Labute approximate surface area is 127 Å². The summed E-state index contributed by atoms with van der Waals surface area (Å²) in [7, 11) is 0. The Morgan fingerprint density at radius 2 is 1.95 bits per heavy atom. The summed E-state index contributed by atoms with van der Waals surface area (Å²) in [6, 6.07) is 6.05. The van der Waals surface area contributed by atoms with E-state index in [-0.39, 0.29) is 0 Å². The summed E-state index contributed by atoms with van der Waals surface area (Å²) < 4.78 is 5.83. The Bertz CT molecular complexity index is 453. The van der Waals surface area contributed by atoms with Gasteiger partial charge in [0, 0.05) is 0 Å². The molecule has 0 heterocycles. The lowest BCUT2D eigenvalue weighted by Gasteiger charge is -2.26. The Morgan fingerprint density at radius 1 is 1.33 bits per heavy atom. The molecule has 0 aliphatic heterocycles. The third kappa shape index (κ3) is 5.05. The van der Waals surface area contributed by atoms with Crippen LogP contribution in [-0.2, 0) is 4.79 Å². The number of benzene rings is 1. The van der Waals surface area contributed by atoms with Crippen molar-refractivity contribution in [2.45, 2.75) is 52.5 Å². The number of carbonyl (C=O) groups is 1. The molecule has 4 heteroatoms. The number of aryl methyl sites for hydroxylation is 2. The zero-order chi connectivity index (χ0) is 15.9. The van der Waals surface area contributed by atoms with Gasteiger partial charge in [0.05, 0.1) is 6.61 Å². The number of hydrogen-bond acceptors (Lipinski definition) is 3. The van der Waals surface area contributed by atoms with Crippen molar-refractivity contribution < 1.29 is 14.6 Å². The Hall–Kier alpha value is -1.55. The third-order valence-corrected chi connectivity index (χ3v) is 3.71. The molecule has 1 atom stereocenters. The normalized spacial score (nSPS) is 13.7. The fourth-order valence-electron chi connectivity index (χ4n) is 2.30. The highest BCUT2D eigenvalue weighted by atomic mass is 16.5. The molecule has 0 aromatic heterocycles. The van der Waals surface area contributed by atoms with Crippen LogP contribution in [0.2, 0.25) is 0 Å². The minimum Gasteiger partial charge on any atom is -0.493 e. The van der Waals surface area contributed by atoms with E-state index in [4.69, 9.17) is 4.74 Å². The van der Waals surface area contributed by atoms with Crippen molar-refractivity contribution >= 4 is 5.97 Å². The fraction of sp³-hybridized carbons (Fsp3) is 0.588. The average molecular weight is 293 g/mol. The van der Waals surface area contributed by atoms with Crippen molar-refractivity contribution in [2.75, 3.05) is 13.2 Å². The second kappa shape index (κ2) is 8.03. The van der Waals surface area contributed by atoms with Crippen LogP contribution in [0, 0.1) is 13.8 Å². The summed E-state index contributed by atoms with van der Waals surface area (Å²) in [5.74, 6) is 0.110. The highest BCUT2D eigenvalue weighted by Gasteiger charge is 2.31. The Kier molecular flexibility index (Phi) is 6.69. The number of ether oxygens (including phenoxy) is 1. The standard InChI is InChI=1S/C17H27NO3/c1-5-11-18-17(4,16(19)20)10-7-12-21-15-13(2)8-6-9-14(15)3/h6,8-9,18H,5,7,10-12H2,1-4H3,(H,19,20). The van der Waals surface area contributed by atoms with Gasteiger partial charge in [0.25, 0.3) is 0 Å². The first-order valence-corrected chi connectivity index (χ1v) is 7.58. The molecule has 1 aromatic carbocycles. The van der Waals surface area contributed by atoms with Crippen LogP contribution in [0.1, 0.15) is 44.2 Å². The van der Waals surface area contributed by atoms with Crippen molar-refractivity contribution in [3.63, 3.8) is 0 Å². The molecule has 0 radical (unpaired) electrons. The summed E-state index contributed by atoms with van der Waals surface area (Å²) >= 11 is 0. The summed E-state index contributed by atoms with van der Waals surface area (Å²) in [4.78, 5) is 11.4. The lowest BCUT2D eigenvalue weighted by atomic mass is 9.96. The first kappa shape index (κ1) is 17.5. The lowest BCUT2D eigenvalue weighted by Crippen LogP contribution is -2.49. The SMILES string of the molecule is CCCNC(C)(CCCOc1c(C)cccc1C)C(=O)O. The first-order valence-electron chi connectivity index (χ1n) is 7.58. The van der Waals surface area contributed by atoms with E-state index in [1.54, 1.807) is 6.92 Å². The summed E-state index contributed by atoms with van der Waals surface area (Å²) in [5.41, 5.74) is 1.35. The van der Waals surface area contributed by atoms with Crippen molar-refractivity contribution in [3.8, 4) is 5.75 Å². The molecule has 0 aliphatic carbocycles. The zero-order valence-electron chi connectivity index (χ0n) is 13.5. The van der Waals surface area contributed by atoms with E-state index in [1.807, 2.05) is 39.0 Å².